The molecule has 1 aliphatic rings. The van der Waals surface area contributed by atoms with Crippen LogP contribution in [0.25, 0.3) is 0 Å². The normalized spacial score (nSPS) is 21.5. The molecule has 0 saturated carbocycles. The number of likely N-dealkylation sites (tertiary alicyclic amines) is 1. The first kappa shape index (κ1) is 14.0. The predicted molar refractivity (Wildman–Crippen MR) is 64.7 cm³/mol. The number of rotatable bonds is 4. The molecule has 1 atom stereocenters. The smallest absolute Gasteiger partial charge is 0.329 e. The number of carboxylic acids is 1. The van der Waals surface area contributed by atoms with Gasteiger partial charge in [-0.3, -0.25) is 4.79 Å². The average Bonchev–Trinajstić information content (AvgIpc) is 2.65. The van der Waals surface area contributed by atoms with Crippen LogP contribution in [0.5, 0.6) is 0 Å². The molecule has 0 aromatic rings. The van der Waals surface area contributed by atoms with Crippen molar-refractivity contribution >= 4 is 11.9 Å². The van der Waals surface area contributed by atoms with E-state index in [4.69, 9.17) is 0 Å². The quantitative estimate of drug-likeness (QED) is 0.786. The number of carbonyl (C=O) groups is 2. The van der Waals surface area contributed by atoms with Crippen LogP contribution >= 0.6 is 0 Å². The second-order valence-electron chi connectivity index (χ2n) is 5.19. The van der Waals surface area contributed by atoms with E-state index in [1.54, 1.807) is 13.8 Å². The fraction of sp³-hybridized carbons (Fsp3) is 0.833. The van der Waals surface area contributed by atoms with E-state index in [-0.39, 0.29) is 11.8 Å². The largest absolute Gasteiger partial charge is 0.480 e. The van der Waals surface area contributed by atoms with Gasteiger partial charge in [-0.05, 0) is 40.8 Å². The van der Waals surface area contributed by atoms with Gasteiger partial charge in [0.25, 0.3) is 0 Å². The molecule has 0 aromatic heterocycles. The van der Waals surface area contributed by atoms with Crippen molar-refractivity contribution in [2.24, 2.45) is 5.92 Å². The molecule has 1 saturated heterocycles. The molecular formula is C12H22N2O3. The van der Waals surface area contributed by atoms with E-state index in [1.807, 2.05) is 14.0 Å². The molecule has 5 heteroatoms. The molecule has 1 aliphatic heterocycles. The third-order valence-electron chi connectivity index (χ3n) is 3.52. The first-order valence-corrected chi connectivity index (χ1v) is 6.04. The molecule has 17 heavy (non-hydrogen) atoms. The Labute approximate surface area is 102 Å². The predicted octanol–water partition coefficient (Wildman–Crippen LogP) is 0.650. The zero-order valence-corrected chi connectivity index (χ0v) is 11.1. The van der Waals surface area contributed by atoms with Crippen molar-refractivity contribution in [1.82, 2.24) is 9.80 Å². The van der Waals surface area contributed by atoms with Crippen LogP contribution in [0.15, 0.2) is 0 Å². The number of aliphatic carboxylic acids is 1. The highest BCUT2D eigenvalue weighted by Gasteiger charge is 2.40. The van der Waals surface area contributed by atoms with Gasteiger partial charge in [-0.25, -0.2) is 4.79 Å². The summed E-state index contributed by atoms with van der Waals surface area (Å²) >= 11 is 0. The summed E-state index contributed by atoms with van der Waals surface area (Å²) in [7, 11) is 1.98. The molecule has 0 aromatic carbocycles. The molecular weight excluding hydrogens is 220 g/mol. The van der Waals surface area contributed by atoms with E-state index in [0.717, 1.165) is 19.5 Å². The highest BCUT2D eigenvalue weighted by Crippen LogP contribution is 2.22. The summed E-state index contributed by atoms with van der Waals surface area (Å²) in [6, 6.07) is 0. The van der Waals surface area contributed by atoms with Crippen LogP contribution in [0.4, 0.5) is 0 Å². The van der Waals surface area contributed by atoms with Gasteiger partial charge in [0.2, 0.25) is 5.91 Å². The molecule has 0 radical (unpaired) electrons. The van der Waals surface area contributed by atoms with Crippen LogP contribution in [0.1, 0.15) is 27.2 Å². The van der Waals surface area contributed by atoms with Crippen LogP contribution in [0, 0.1) is 5.92 Å². The highest BCUT2D eigenvalue weighted by atomic mass is 16.4. The van der Waals surface area contributed by atoms with Crippen molar-refractivity contribution in [2.75, 3.05) is 26.7 Å². The zero-order chi connectivity index (χ0) is 13.2. The third-order valence-corrected chi connectivity index (χ3v) is 3.52. The van der Waals surface area contributed by atoms with Crippen LogP contribution in [-0.2, 0) is 9.59 Å². The lowest BCUT2D eigenvalue weighted by Crippen LogP contribution is -2.54. The summed E-state index contributed by atoms with van der Waals surface area (Å²) in [4.78, 5) is 27.1. The Hall–Kier alpha value is -1.10. The molecule has 1 N–H and O–H groups in total. The van der Waals surface area contributed by atoms with Gasteiger partial charge in [-0.1, -0.05) is 0 Å². The number of carbonyl (C=O) groups excluding carboxylic acids is 1. The number of carboxylic acid groups (broad SMARTS) is 1. The molecule has 0 aliphatic carbocycles. The minimum absolute atomic E-state index is 0.0377. The Kier molecular flexibility index (Phi) is 4.14. The Balaban J connectivity index is 2.81. The van der Waals surface area contributed by atoms with Crippen molar-refractivity contribution in [3.63, 3.8) is 0 Å². The minimum Gasteiger partial charge on any atom is -0.480 e. The zero-order valence-electron chi connectivity index (χ0n) is 11.1. The number of amides is 1. The van der Waals surface area contributed by atoms with Crippen LogP contribution < -0.4 is 0 Å². The highest BCUT2D eigenvalue weighted by molar-refractivity contribution is 5.87. The maximum Gasteiger partial charge on any atom is 0.329 e. The summed E-state index contributed by atoms with van der Waals surface area (Å²) in [5.41, 5.74) is -1.13. The monoisotopic (exact) mass is 242 g/mol. The van der Waals surface area contributed by atoms with Crippen LogP contribution in [0.2, 0.25) is 0 Å². The molecule has 1 fully saturated rings. The van der Waals surface area contributed by atoms with Gasteiger partial charge in [0.1, 0.15) is 5.54 Å². The number of hydrogen-bond acceptors (Lipinski definition) is 3. The second-order valence-corrected chi connectivity index (χ2v) is 5.19. The molecule has 98 valence electrons. The van der Waals surface area contributed by atoms with Gasteiger partial charge < -0.3 is 14.9 Å². The standard InChI is InChI=1S/C12H22N2O3/c1-5-14(12(2,3)11(16)17)10(15)9-6-7-13(4)8-9/h9H,5-8H2,1-4H3,(H,16,17). The Bertz CT molecular complexity index is 315. The Morgan fingerprint density at radius 1 is 1.47 bits per heavy atom. The average molecular weight is 242 g/mol. The molecule has 1 unspecified atom stereocenters. The van der Waals surface area contributed by atoms with Gasteiger partial charge in [-0.2, -0.15) is 0 Å². The van der Waals surface area contributed by atoms with E-state index < -0.39 is 11.5 Å². The van der Waals surface area contributed by atoms with Gasteiger partial charge >= 0.3 is 5.97 Å². The van der Waals surface area contributed by atoms with Crippen LogP contribution in [0.3, 0.4) is 0 Å². The Morgan fingerprint density at radius 2 is 2.06 bits per heavy atom. The lowest BCUT2D eigenvalue weighted by molar-refractivity contribution is -0.158. The topological polar surface area (TPSA) is 60.9 Å². The van der Waals surface area contributed by atoms with E-state index in [2.05, 4.69) is 4.90 Å². The van der Waals surface area contributed by atoms with Gasteiger partial charge in [0, 0.05) is 13.1 Å². The Morgan fingerprint density at radius 3 is 2.41 bits per heavy atom. The second kappa shape index (κ2) is 5.04. The van der Waals surface area contributed by atoms with Crippen molar-refractivity contribution in [3.8, 4) is 0 Å². The summed E-state index contributed by atoms with van der Waals surface area (Å²) in [6.07, 6.45) is 0.821. The fourth-order valence-electron chi connectivity index (χ4n) is 2.30. The first-order chi connectivity index (χ1) is 7.80. The van der Waals surface area contributed by atoms with E-state index >= 15 is 0 Å². The molecule has 5 nitrogen and oxygen atoms in total. The number of nitrogens with zero attached hydrogens (tertiary/aromatic N) is 2. The van der Waals surface area contributed by atoms with Crippen molar-refractivity contribution in [2.45, 2.75) is 32.7 Å². The van der Waals surface area contributed by atoms with E-state index in [1.165, 1.54) is 4.90 Å². The fourth-order valence-corrected chi connectivity index (χ4v) is 2.30. The third kappa shape index (κ3) is 2.77. The maximum atomic E-state index is 12.3. The summed E-state index contributed by atoms with van der Waals surface area (Å²) < 4.78 is 0. The van der Waals surface area contributed by atoms with Crippen molar-refractivity contribution in [3.05, 3.63) is 0 Å². The van der Waals surface area contributed by atoms with E-state index in [0.29, 0.717) is 6.54 Å². The number of hydrogen-bond donors (Lipinski definition) is 1. The maximum absolute atomic E-state index is 12.3. The molecule has 0 spiro atoms. The van der Waals surface area contributed by atoms with Crippen LogP contribution in [-0.4, -0.2) is 59.0 Å². The minimum atomic E-state index is -1.13. The van der Waals surface area contributed by atoms with Gasteiger partial charge in [0.05, 0.1) is 5.92 Å². The number of likely N-dealkylation sites (N-methyl/N-ethyl adjacent to an activating group) is 1. The summed E-state index contributed by atoms with van der Waals surface area (Å²) in [5, 5.41) is 9.18. The lowest BCUT2D eigenvalue weighted by atomic mass is 9.99. The molecule has 1 amide bonds. The lowest BCUT2D eigenvalue weighted by Gasteiger charge is -2.36. The summed E-state index contributed by atoms with van der Waals surface area (Å²) in [5.74, 6) is -1.05. The summed E-state index contributed by atoms with van der Waals surface area (Å²) in [6.45, 7) is 7.04. The SMILES string of the molecule is CCN(C(=O)C1CCN(C)C1)C(C)(C)C(=O)O. The van der Waals surface area contributed by atoms with E-state index in [9.17, 15) is 14.7 Å². The van der Waals surface area contributed by atoms with Gasteiger partial charge in [-0.15, -0.1) is 0 Å². The molecule has 1 heterocycles. The van der Waals surface area contributed by atoms with Crippen molar-refractivity contribution in [1.29, 1.82) is 0 Å². The molecule has 0 bridgehead atoms. The van der Waals surface area contributed by atoms with Gasteiger partial charge in [0.15, 0.2) is 0 Å². The van der Waals surface area contributed by atoms with Crippen molar-refractivity contribution < 1.29 is 14.7 Å². The first-order valence-electron chi connectivity index (χ1n) is 6.04. The molecule has 1 rings (SSSR count).